The van der Waals surface area contributed by atoms with Crippen LogP contribution in [-0.2, 0) is 61.9 Å². The van der Waals surface area contributed by atoms with Crippen LogP contribution in [0.3, 0.4) is 0 Å². The monoisotopic (exact) mass is 1270 g/mol. The molecule has 27 nitrogen and oxygen atoms in total. The number of aliphatic hydroxyl groups is 9. The molecule has 89 heavy (non-hydrogen) atoms. The summed E-state index contributed by atoms with van der Waals surface area (Å²) < 4.78 is 50.2. The zero-order valence-electron chi connectivity index (χ0n) is 53.1. The van der Waals surface area contributed by atoms with Crippen LogP contribution < -0.4 is 21.3 Å². The summed E-state index contributed by atoms with van der Waals surface area (Å²) in [4.78, 5) is 64.3. The first kappa shape index (κ1) is 69.7. The summed E-state index contributed by atoms with van der Waals surface area (Å²) in [6.07, 6.45) is -17.5. The van der Waals surface area contributed by atoms with E-state index in [1.165, 1.54) is 12.5 Å². The number of ether oxygens (including phenoxy) is 8. The number of rotatable bonds is 17. The van der Waals surface area contributed by atoms with Crippen molar-refractivity contribution in [1.82, 2.24) is 21.3 Å². The Kier molecular flexibility index (Phi) is 20.9. The summed E-state index contributed by atoms with van der Waals surface area (Å²) in [7, 11) is 0. The maximum Gasteiger partial charge on any atom is 0.310 e. The average Bonchev–Trinajstić information content (AvgIpc) is 0.677. The maximum atomic E-state index is 13.3. The first-order valence-electron chi connectivity index (χ1n) is 31.9. The van der Waals surface area contributed by atoms with Gasteiger partial charge in [-0.1, -0.05) is 60.1 Å². The Morgan fingerprint density at radius 2 is 0.933 bits per heavy atom. The number of nitrogens with one attached hydrogen (secondary N) is 4. The zero-order chi connectivity index (χ0) is 65.4. The maximum absolute atomic E-state index is 13.3. The van der Waals surface area contributed by atoms with Crippen LogP contribution in [0.4, 0.5) is 0 Å². The van der Waals surface area contributed by atoms with E-state index in [9.17, 15) is 75.0 Å². The summed E-state index contributed by atoms with van der Waals surface area (Å²) in [5.41, 5.74) is -0.342. The SMILES string of the molecule is CC(=O)N[C@H]1[C@H](O[C@H]2[C@H](O)[C@@H](NC(C)=O)[C@H](O[C@H]3CC[C@]4(C)[C@H]5CC=C6[C@@H]7[C@@H](C)[C@H](C)CC[C@]7(C(=O)O)CC[C@@]6(C)[C@]5(C)CC[C@H]4C3(C)C)O[C@@H]2CO)O[C@H](CO)[C@@H](O[C@@H]2O[C@H](CO)[C@@H](O[C@@H]3O[C@H](CO)[C@@H](O)[C@H](O)[C@H]3NC(C)=O)[C@H](O)[C@H]2NC(C)=O)[C@@H]1O. The van der Waals surface area contributed by atoms with Gasteiger partial charge in [-0.3, -0.25) is 24.0 Å². The number of amides is 4. The Morgan fingerprint density at radius 1 is 0.517 bits per heavy atom. The third kappa shape index (κ3) is 12.4. The minimum absolute atomic E-state index is 0.0193. The molecule has 0 aromatic rings. The Hall–Kier alpha value is -3.59. The molecule has 5 aliphatic carbocycles. The minimum atomic E-state index is -1.92. The van der Waals surface area contributed by atoms with Crippen molar-refractivity contribution in [2.24, 2.45) is 56.7 Å². The summed E-state index contributed by atoms with van der Waals surface area (Å²) in [6.45, 7) is 17.4. The van der Waals surface area contributed by atoms with Crippen molar-refractivity contribution in [3.63, 3.8) is 0 Å². The molecule has 27 heteroatoms. The molecule has 4 saturated carbocycles. The highest BCUT2D eigenvalue weighted by atomic mass is 16.8. The third-order valence-electron chi connectivity index (χ3n) is 23.4. The minimum Gasteiger partial charge on any atom is -0.481 e. The fraction of sp³-hybridized carbons (Fsp3) is 0.887. The highest BCUT2D eigenvalue weighted by molar-refractivity contribution is 5.77. The molecule has 0 spiro atoms. The van der Waals surface area contributed by atoms with Crippen LogP contribution in [0, 0.1) is 56.7 Å². The van der Waals surface area contributed by atoms with Crippen molar-refractivity contribution in [2.45, 2.75) is 263 Å². The largest absolute Gasteiger partial charge is 0.481 e. The molecule has 0 aromatic heterocycles. The van der Waals surface area contributed by atoms with Crippen molar-refractivity contribution in [3.05, 3.63) is 11.6 Å². The van der Waals surface area contributed by atoms with Crippen molar-refractivity contribution >= 4 is 29.6 Å². The van der Waals surface area contributed by atoms with E-state index >= 15 is 0 Å². The molecular formula is C62H100N4O23. The van der Waals surface area contributed by atoms with Gasteiger partial charge in [-0.25, -0.2) is 0 Å². The van der Waals surface area contributed by atoms with Crippen LogP contribution >= 0.6 is 0 Å². The Morgan fingerprint density at radius 3 is 1.35 bits per heavy atom. The molecule has 0 aromatic carbocycles. The van der Waals surface area contributed by atoms with Crippen LogP contribution in [-0.4, -0.2) is 236 Å². The van der Waals surface area contributed by atoms with E-state index in [0.29, 0.717) is 25.2 Å². The Bertz CT molecular complexity index is 2600. The molecule has 4 aliphatic heterocycles. The summed E-state index contributed by atoms with van der Waals surface area (Å²) in [5, 5.41) is 122. The van der Waals surface area contributed by atoms with E-state index in [-0.39, 0.29) is 39.9 Å². The fourth-order valence-corrected chi connectivity index (χ4v) is 18.5. The second-order valence-corrected chi connectivity index (χ2v) is 28.7. The standard InChI is InChI=1S/C62H100N4O23/c1-26-14-19-62(57(80)81)21-20-60(10)32(40(62)27(26)2)12-13-38-59(9)17-16-39(58(7,8)37(59)15-18-61(38,60)11)86-53-42(64-29(4)72)47(77)50(34(23-68)83-53)88-55-44(66-31(6)74)49(79)52(36(25-70)85-55)89-56-43(65-30(5)73)48(78)51(35(24-69)84-56)87-54-41(63-28(3)71)46(76)45(75)33(22-67)82-54/h12,26-27,33-56,67-70,75-79H,13-25H2,1-11H3,(H,63,71)(H,64,72)(H,65,73)(H,66,74)(H,80,81)/t26-,27+,33-,34-,35-,36-,37+,38-,39+,40+,41-,42-,43-,44-,45-,46-,47-,48-,49-,50-,51-,52-,53+,54+,55+,56+,59+,60-,61-,62+/m1/s1. The first-order chi connectivity index (χ1) is 41.8. The normalized spacial score (nSPS) is 48.6. The second-order valence-electron chi connectivity index (χ2n) is 28.7. The second kappa shape index (κ2) is 26.7. The van der Waals surface area contributed by atoms with E-state index < -0.39 is 196 Å². The van der Waals surface area contributed by atoms with Crippen LogP contribution in [0.2, 0.25) is 0 Å². The lowest BCUT2D eigenvalue weighted by Crippen LogP contribution is -2.72. The molecule has 4 saturated heterocycles. The highest BCUT2D eigenvalue weighted by Crippen LogP contribution is 2.76. The van der Waals surface area contributed by atoms with E-state index in [1.54, 1.807) is 0 Å². The van der Waals surface area contributed by atoms with E-state index in [0.717, 1.165) is 59.3 Å². The summed E-state index contributed by atoms with van der Waals surface area (Å²) >= 11 is 0. The Balaban J connectivity index is 0.917. The van der Waals surface area contributed by atoms with Gasteiger partial charge in [0, 0.05) is 27.7 Å². The van der Waals surface area contributed by atoms with E-state index in [4.69, 9.17) is 37.9 Å². The lowest BCUT2D eigenvalue weighted by Gasteiger charge is -2.71. The van der Waals surface area contributed by atoms with Crippen LogP contribution in [0.1, 0.15) is 134 Å². The van der Waals surface area contributed by atoms with Crippen LogP contribution in [0.5, 0.6) is 0 Å². The molecule has 0 bridgehead atoms. The van der Waals surface area contributed by atoms with Gasteiger partial charge >= 0.3 is 5.97 Å². The number of hydrogen-bond donors (Lipinski definition) is 14. The smallest absolute Gasteiger partial charge is 0.310 e. The molecule has 8 fully saturated rings. The summed E-state index contributed by atoms with van der Waals surface area (Å²) in [6, 6.07) is -6.07. The van der Waals surface area contributed by atoms with E-state index in [1.807, 2.05) is 0 Å². The number of carbonyl (C=O) groups is 5. The quantitative estimate of drug-likeness (QED) is 0.0611. The number of allylic oxidation sites excluding steroid dienone is 2. The van der Waals surface area contributed by atoms with E-state index in [2.05, 4.69) is 75.8 Å². The lowest BCUT2D eigenvalue weighted by atomic mass is 9.33. The fourth-order valence-electron chi connectivity index (χ4n) is 18.5. The van der Waals surface area contributed by atoms with Crippen molar-refractivity contribution < 1.29 is 113 Å². The van der Waals surface area contributed by atoms with Crippen LogP contribution in [0.25, 0.3) is 0 Å². The summed E-state index contributed by atoms with van der Waals surface area (Å²) in [5.74, 6) is -2.30. The number of carbonyl (C=O) groups excluding carboxylic acids is 4. The predicted molar refractivity (Wildman–Crippen MR) is 310 cm³/mol. The number of aliphatic hydroxyl groups excluding tert-OH is 9. The lowest BCUT2D eigenvalue weighted by molar-refractivity contribution is -0.365. The van der Waals surface area contributed by atoms with Crippen molar-refractivity contribution in [2.75, 3.05) is 26.4 Å². The topological polar surface area (TPSA) is 410 Å². The zero-order valence-corrected chi connectivity index (χ0v) is 53.1. The van der Waals surface area contributed by atoms with Gasteiger partial charge in [-0.2, -0.15) is 0 Å². The van der Waals surface area contributed by atoms with Gasteiger partial charge in [-0.05, 0) is 109 Å². The van der Waals surface area contributed by atoms with Crippen LogP contribution in [0.15, 0.2) is 11.6 Å². The number of carboxylic acids is 1. The van der Waals surface area contributed by atoms with Crippen molar-refractivity contribution in [1.29, 1.82) is 0 Å². The van der Waals surface area contributed by atoms with Gasteiger partial charge in [0.05, 0.1) is 37.9 Å². The molecule has 4 amide bonds. The number of carboxylic acid groups (broad SMARTS) is 1. The molecule has 506 valence electrons. The molecular weight excluding hydrogens is 1170 g/mol. The van der Waals surface area contributed by atoms with Gasteiger partial charge in [0.2, 0.25) is 23.6 Å². The molecule has 9 aliphatic rings. The molecule has 14 N–H and O–H groups in total. The average molecular weight is 1270 g/mol. The molecule has 30 atom stereocenters. The van der Waals surface area contributed by atoms with Gasteiger partial charge in [0.1, 0.15) is 97.4 Å². The number of hydrogen-bond acceptors (Lipinski definition) is 22. The number of aliphatic carboxylic acids is 1. The molecule has 4 heterocycles. The Labute approximate surface area is 519 Å². The van der Waals surface area contributed by atoms with Gasteiger partial charge in [0.25, 0.3) is 0 Å². The van der Waals surface area contributed by atoms with Crippen molar-refractivity contribution in [3.8, 4) is 0 Å². The third-order valence-corrected chi connectivity index (χ3v) is 23.4. The number of fused-ring (bicyclic) bond motifs is 7. The van der Waals surface area contributed by atoms with Gasteiger partial charge in [-0.15, -0.1) is 0 Å². The van der Waals surface area contributed by atoms with Gasteiger partial charge < -0.3 is 110 Å². The first-order valence-corrected chi connectivity index (χ1v) is 31.9. The molecule has 0 unspecified atom stereocenters. The molecule has 9 rings (SSSR count). The highest BCUT2D eigenvalue weighted by Gasteiger charge is 2.70. The molecule has 0 radical (unpaired) electrons. The van der Waals surface area contributed by atoms with Gasteiger partial charge in [0.15, 0.2) is 25.2 Å². The predicted octanol–water partition coefficient (Wildman–Crippen LogP) is -1.04.